The number of benzene rings is 1. The second kappa shape index (κ2) is 6.45. The molecule has 1 spiro atoms. The molecule has 1 aromatic carbocycles. The molecule has 2 aliphatic heterocycles. The van der Waals surface area contributed by atoms with E-state index < -0.39 is 5.60 Å². The summed E-state index contributed by atoms with van der Waals surface area (Å²) in [6.07, 6.45) is 8.88. The van der Waals surface area contributed by atoms with Crippen molar-refractivity contribution < 1.29 is 14.6 Å². The summed E-state index contributed by atoms with van der Waals surface area (Å²) in [7, 11) is 0. The SMILES string of the molecule is CCCO[C@H]1CC[C@@]2(O)[C@H]3Cc4ccc(C)c5c4[C@@]2(CCN3CC2CCC2)[C@H]1O5. The van der Waals surface area contributed by atoms with Gasteiger partial charge in [0.15, 0.2) is 0 Å². The molecular formula is C25H35NO3. The van der Waals surface area contributed by atoms with E-state index in [0.717, 1.165) is 56.9 Å². The lowest BCUT2D eigenvalue weighted by atomic mass is 9.48. The van der Waals surface area contributed by atoms with Gasteiger partial charge in [-0.25, -0.2) is 0 Å². The van der Waals surface area contributed by atoms with Crippen molar-refractivity contribution >= 4 is 0 Å². The fourth-order valence-electron chi connectivity index (χ4n) is 7.40. The summed E-state index contributed by atoms with van der Waals surface area (Å²) >= 11 is 0. The van der Waals surface area contributed by atoms with Gasteiger partial charge in [-0.2, -0.15) is 0 Å². The zero-order valence-electron chi connectivity index (χ0n) is 18.0. The molecule has 5 atom stereocenters. The molecule has 2 heterocycles. The Morgan fingerprint density at radius 2 is 2.10 bits per heavy atom. The number of hydrogen-bond donors (Lipinski definition) is 1. The second-order valence-electron chi connectivity index (χ2n) is 10.4. The lowest BCUT2D eigenvalue weighted by molar-refractivity contribution is -0.216. The van der Waals surface area contributed by atoms with E-state index in [1.165, 1.54) is 42.5 Å². The third-order valence-corrected chi connectivity index (χ3v) is 8.99. The van der Waals surface area contributed by atoms with Crippen molar-refractivity contribution in [1.29, 1.82) is 0 Å². The van der Waals surface area contributed by atoms with Crippen molar-refractivity contribution in [2.24, 2.45) is 5.92 Å². The Balaban J connectivity index is 1.46. The van der Waals surface area contributed by atoms with E-state index in [4.69, 9.17) is 9.47 Å². The van der Waals surface area contributed by atoms with Crippen LogP contribution in [-0.4, -0.2) is 53.6 Å². The van der Waals surface area contributed by atoms with Crippen molar-refractivity contribution in [2.45, 2.75) is 94.5 Å². The Bertz CT molecular complexity index is 821. The van der Waals surface area contributed by atoms with Crippen molar-refractivity contribution in [3.63, 3.8) is 0 Å². The molecule has 2 saturated carbocycles. The van der Waals surface area contributed by atoms with Gasteiger partial charge in [-0.1, -0.05) is 25.5 Å². The summed E-state index contributed by atoms with van der Waals surface area (Å²) in [5.74, 6) is 1.89. The smallest absolute Gasteiger partial charge is 0.137 e. The van der Waals surface area contributed by atoms with Crippen LogP contribution < -0.4 is 4.74 Å². The van der Waals surface area contributed by atoms with Gasteiger partial charge in [-0.05, 0) is 75.5 Å². The number of ether oxygens (including phenoxy) is 2. The Labute approximate surface area is 174 Å². The molecule has 3 fully saturated rings. The molecule has 0 radical (unpaired) electrons. The quantitative estimate of drug-likeness (QED) is 0.822. The van der Waals surface area contributed by atoms with Gasteiger partial charge in [0.1, 0.15) is 11.9 Å². The van der Waals surface area contributed by atoms with Crippen LogP contribution in [-0.2, 0) is 16.6 Å². The number of aryl methyl sites for hydroxylation is 1. The Morgan fingerprint density at radius 1 is 1.24 bits per heavy atom. The number of piperidine rings is 1. The van der Waals surface area contributed by atoms with E-state index >= 15 is 0 Å². The highest BCUT2D eigenvalue weighted by atomic mass is 16.5. The molecule has 4 nitrogen and oxygen atoms in total. The van der Waals surface area contributed by atoms with Gasteiger partial charge in [0, 0.05) is 24.8 Å². The first-order chi connectivity index (χ1) is 14.1. The highest BCUT2D eigenvalue weighted by Gasteiger charge is 2.72. The second-order valence-corrected chi connectivity index (χ2v) is 10.4. The van der Waals surface area contributed by atoms with Crippen LogP contribution in [0.5, 0.6) is 5.75 Å². The Kier molecular flexibility index (Phi) is 4.15. The minimum absolute atomic E-state index is 0.0451. The van der Waals surface area contributed by atoms with Crippen LogP contribution >= 0.6 is 0 Å². The molecule has 5 aliphatic rings. The number of likely N-dealkylation sites (tertiary alicyclic amines) is 1. The number of nitrogens with zero attached hydrogens (tertiary/aromatic N) is 1. The van der Waals surface area contributed by atoms with Gasteiger partial charge in [-0.3, -0.25) is 4.90 Å². The molecule has 1 aromatic rings. The average molecular weight is 398 g/mol. The lowest BCUT2D eigenvalue weighted by Gasteiger charge is -2.64. The number of rotatable bonds is 5. The summed E-state index contributed by atoms with van der Waals surface area (Å²) in [4.78, 5) is 2.65. The normalized spacial score (nSPS) is 40.3. The molecule has 1 saturated heterocycles. The fourth-order valence-corrected chi connectivity index (χ4v) is 7.40. The summed E-state index contributed by atoms with van der Waals surface area (Å²) < 4.78 is 13.1. The summed E-state index contributed by atoms with van der Waals surface area (Å²) in [6, 6.07) is 4.76. The molecule has 6 rings (SSSR count). The van der Waals surface area contributed by atoms with Crippen LogP contribution in [0.1, 0.15) is 68.6 Å². The predicted octanol–water partition coefficient (Wildman–Crippen LogP) is 3.74. The van der Waals surface area contributed by atoms with Crippen molar-refractivity contribution in [3.8, 4) is 5.75 Å². The lowest BCUT2D eigenvalue weighted by Crippen LogP contribution is -2.77. The van der Waals surface area contributed by atoms with E-state index in [1.807, 2.05) is 0 Å². The first kappa shape index (κ1) is 18.7. The third-order valence-electron chi connectivity index (χ3n) is 8.99. The van der Waals surface area contributed by atoms with E-state index in [1.54, 1.807) is 0 Å². The van der Waals surface area contributed by atoms with E-state index in [-0.39, 0.29) is 23.7 Å². The maximum atomic E-state index is 12.4. The fraction of sp³-hybridized carbons (Fsp3) is 0.760. The Morgan fingerprint density at radius 3 is 2.86 bits per heavy atom. The summed E-state index contributed by atoms with van der Waals surface area (Å²) in [6.45, 7) is 7.34. The maximum absolute atomic E-state index is 12.4. The van der Waals surface area contributed by atoms with Crippen molar-refractivity contribution in [2.75, 3.05) is 19.7 Å². The molecule has 29 heavy (non-hydrogen) atoms. The van der Waals surface area contributed by atoms with Crippen molar-refractivity contribution in [3.05, 3.63) is 28.8 Å². The van der Waals surface area contributed by atoms with Gasteiger partial charge >= 0.3 is 0 Å². The molecule has 4 heteroatoms. The summed E-state index contributed by atoms with van der Waals surface area (Å²) in [5.41, 5.74) is 2.97. The standard InChI is InChI=1S/C25H35NO3/c1-3-13-28-19-9-10-25(27)20-14-18-8-7-16(2)22-21(18)24(25,23(19)29-22)11-12-26(20)15-17-5-4-6-17/h7-8,17,19-20,23,27H,3-6,9-15H2,1-2H3/t19-,20+,23-,24-,25+/m0/s1. The number of hydrogen-bond acceptors (Lipinski definition) is 4. The van der Waals surface area contributed by atoms with Crippen LogP contribution in [0.2, 0.25) is 0 Å². The van der Waals surface area contributed by atoms with Gasteiger partial charge < -0.3 is 14.6 Å². The molecule has 0 unspecified atom stereocenters. The number of aliphatic hydroxyl groups is 1. The summed E-state index contributed by atoms with van der Waals surface area (Å²) in [5, 5.41) is 12.4. The zero-order valence-corrected chi connectivity index (χ0v) is 18.0. The van der Waals surface area contributed by atoms with Crippen molar-refractivity contribution in [1.82, 2.24) is 4.90 Å². The topological polar surface area (TPSA) is 41.9 Å². The van der Waals surface area contributed by atoms with E-state index in [0.29, 0.717) is 0 Å². The van der Waals surface area contributed by atoms with Crippen LogP contribution in [0.15, 0.2) is 12.1 Å². The molecule has 3 aliphatic carbocycles. The zero-order chi connectivity index (χ0) is 19.8. The van der Waals surface area contributed by atoms with E-state index in [2.05, 4.69) is 30.9 Å². The average Bonchev–Trinajstić information content (AvgIpc) is 3.03. The molecule has 0 aromatic heterocycles. The van der Waals surface area contributed by atoms with Crippen LogP contribution in [0.4, 0.5) is 0 Å². The maximum Gasteiger partial charge on any atom is 0.137 e. The van der Waals surface area contributed by atoms with Crippen LogP contribution in [0.3, 0.4) is 0 Å². The molecular weight excluding hydrogens is 362 g/mol. The molecule has 1 N–H and O–H groups in total. The van der Waals surface area contributed by atoms with Gasteiger partial charge in [0.2, 0.25) is 0 Å². The largest absolute Gasteiger partial charge is 0.486 e. The van der Waals surface area contributed by atoms with Gasteiger partial charge in [0.05, 0.1) is 17.1 Å². The Hall–Kier alpha value is -1.10. The minimum atomic E-state index is -0.697. The van der Waals surface area contributed by atoms with E-state index in [9.17, 15) is 5.11 Å². The van der Waals surface area contributed by atoms with Crippen LogP contribution in [0, 0.1) is 12.8 Å². The monoisotopic (exact) mass is 397 g/mol. The minimum Gasteiger partial charge on any atom is -0.486 e. The first-order valence-corrected chi connectivity index (χ1v) is 12.0. The predicted molar refractivity (Wildman–Crippen MR) is 113 cm³/mol. The highest BCUT2D eigenvalue weighted by molar-refractivity contribution is 5.60. The molecule has 0 amide bonds. The molecule has 158 valence electrons. The van der Waals surface area contributed by atoms with Gasteiger partial charge in [-0.15, -0.1) is 0 Å². The van der Waals surface area contributed by atoms with Crippen LogP contribution in [0.25, 0.3) is 0 Å². The highest BCUT2D eigenvalue weighted by Crippen LogP contribution is 2.64. The molecule has 2 bridgehead atoms. The van der Waals surface area contributed by atoms with Gasteiger partial charge in [0.25, 0.3) is 0 Å². The third kappa shape index (κ3) is 2.31. The first-order valence-electron chi connectivity index (χ1n) is 12.0.